The molecule has 0 aliphatic carbocycles. The minimum atomic E-state index is -4.77. The van der Waals surface area contributed by atoms with Gasteiger partial charge < -0.3 is 9.64 Å². The summed E-state index contributed by atoms with van der Waals surface area (Å²) in [6.45, 7) is 0.0865. The molecule has 1 amide bonds. The van der Waals surface area contributed by atoms with E-state index in [4.69, 9.17) is 0 Å². The predicted octanol–water partition coefficient (Wildman–Crippen LogP) is 3.26. The van der Waals surface area contributed by atoms with Gasteiger partial charge in [-0.25, -0.2) is 8.42 Å². The third-order valence-electron chi connectivity index (χ3n) is 3.44. The van der Waals surface area contributed by atoms with Crippen molar-refractivity contribution in [2.45, 2.75) is 17.8 Å². The molecule has 140 valence electrons. The van der Waals surface area contributed by atoms with Crippen molar-refractivity contribution in [2.24, 2.45) is 0 Å². The van der Waals surface area contributed by atoms with E-state index in [-0.39, 0.29) is 22.8 Å². The second-order valence-electron chi connectivity index (χ2n) is 5.62. The van der Waals surface area contributed by atoms with E-state index >= 15 is 0 Å². The first-order valence-corrected chi connectivity index (χ1v) is 9.26. The van der Waals surface area contributed by atoms with Crippen LogP contribution in [0.1, 0.15) is 15.9 Å². The zero-order valence-corrected chi connectivity index (χ0v) is 14.8. The molecule has 9 heteroatoms. The predicted molar refractivity (Wildman–Crippen MR) is 88.5 cm³/mol. The summed E-state index contributed by atoms with van der Waals surface area (Å²) in [5.74, 6) is -0.876. The van der Waals surface area contributed by atoms with Crippen LogP contribution in [0.2, 0.25) is 0 Å². The van der Waals surface area contributed by atoms with Crippen LogP contribution in [-0.4, -0.2) is 38.9 Å². The molecule has 2 aromatic carbocycles. The molecule has 0 heterocycles. The van der Waals surface area contributed by atoms with E-state index in [0.29, 0.717) is 5.56 Å². The van der Waals surface area contributed by atoms with Crippen LogP contribution in [-0.2, 0) is 16.4 Å². The zero-order chi connectivity index (χ0) is 19.5. The number of carbonyl (C=O) groups is 1. The SMILES string of the molecule is CN(Cc1ccc(OC(F)(F)F)cc1)C(=O)c1ccccc1S(C)(=O)=O. The molecule has 2 rings (SSSR count). The summed E-state index contributed by atoms with van der Waals surface area (Å²) < 4.78 is 63.9. The van der Waals surface area contributed by atoms with Crippen LogP contribution >= 0.6 is 0 Å². The van der Waals surface area contributed by atoms with Gasteiger partial charge in [-0.2, -0.15) is 0 Å². The Bertz CT molecular complexity index is 893. The van der Waals surface area contributed by atoms with Gasteiger partial charge in [0, 0.05) is 19.8 Å². The second kappa shape index (κ2) is 7.36. The highest BCUT2D eigenvalue weighted by Crippen LogP contribution is 2.23. The minimum absolute atomic E-state index is 0.0366. The van der Waals surface area contributed by atoms with Gasteiger partial charge in [0.25, 0.3) is 5.91 Å². The zero-order valence-electron chi connectivity index (χ0n) is 13.9. The first-order valence-electron chi connectivity index (χ1n) is 7.36. The summed E-state index contributed by atoms with van der Waals surface area (Å²) in [5.41, 5.74) is 0.599. The topological polar surface area (TPSA) is 63.7 Å². The quantitative estimate of drug-likeness (QED) is 0.790. The number of halogens is 3. The number of sulfone groups is 1. The van der Waals surface area contributed by atoms with Crippen LogP contribution in [0.25, 0.3) is 0 Å². The van der Waals surface area contributed by atoms with Crippen LogP contribution < -0.4 is 4.74 Å². The number of nitrogens with zero attached hydrogens (tertiary/aromatic N) is 1. The number of rotatable bonds is 5. The van der Waals surface area contributed by atoms with Gasteiger partial charge in [0.2, 0.25) is 0 Å². The van der Waals surface area contributed by atoms with Crippen molar-refractivity contribution >= 4 is 15.7 Å². The maximum absolute atomic E-state index is 12.6. The number of hydrogen-bond donors (Lipinski definition) is 0. The lowest BCUT2D eigenvalue weighted by Crippen LogP contribution is -2.27. The van der Waals surface area contributed by atoms with Gasteiger partial charge in [-0.3, -0.25) is 4.79 Å². The summed E-state index contributed by atoms with van der Waals surface area (Å²) in [6.07, 6.45) is -3.76. The average Bonchev–Trinajstić information content (AvgIpc) is 2.54. The van der Waals surface area contributed by atoms with Crippen LogP contribution in [0.5, 0.6) is 5.75 Å². The molecule has 0 aliphatic rings. The van der Waals surface area contributed by atoms with Gasteiger partial charge in [0.1, 0.15) is 5.75 Å². The summed E-state index contributed by atoms with van der Waals surface area (Å²) in [4.78, 5) is 13.8. The molecule has 0 aliphatic heterocycles. The molecule has 0 spiro atoms. The largest absolute Gasteiger partial charge is 0.573 e. The number of hydrogen-bond acceptors (Lipinski definition) is 4. The van der Waals surface area contributed by atoms with Crippen LogP contribution in [0.15, 0.2) is 53.4 Å². The normalized spacial score (nSPS) is 11.9. The van der Waals surface area contributed by atoms with Crippen molar-refractivity contribution in [1.82, 2.24) is 4.90 Å². The molecule has 5 nitrogen and oxygen atoms in total. The van der Waals surface area contributed by atoms with Crippen molar-refractivity contribution in [2.75, 3.05) is 13.3 Å². The number of alkyl halides is 3. The standard InChI is InChI=1S/C17H16F3NO4S/c1-21(11-12-7-9-13(10-8-12)25-17(18,19)20)16(22)14-5-3-4-6-15(14)26(2,23)24/h3-10H,11H2,1-2H3. The van der Waals surface area contributed by atoms with E-state index in [9.17, 15) is 26.4 Å². The molecule has 2 aromatic rings. The molecule has 0 atom stereocenters. The minimum Gasteiger partial charge on any atom is -0.406 e. The molecule has 0 fully saturated rings. The lowest BCUT2D eigenvalue weighted by Gasteiger charge is -2.19. The Balaban J connectivity index is 2.16. The molecule has 0 saturated carbocycles. The average molecular weight is 387 g/mol. The van der Waals surface area contributed by atoms with E-state index in [0.717, 1.165) is 18.4 Å². The second-order valence-corrected chi connectivity index (χ2v) is 7.61. The van der Waals surface area contributed by atoms with Crippen molar-refractivity contribution in [3.05, 3.63) is 59.7 Å². The Morgan fingerprint density at radius 2 is 1.65 bits per heavy atom. The lowest BCUT2D eigenvalue weighted by atomic mass is 10.1. The lowest BCUT2D eigenvalue weighted by molar-refractivity contribution is -0.274. The van der Waals surface area contributed by atoms with Gasteiger partial charge in [-0.1, -0.05) is 24.3 Å². The maximum Gasteiger partial charge on any atom is 0.573 e. The molecule has 0 saturated heterocycles. The molecule has 0 radical (unpaired) electrons. The molecule has 0 aromatic heterocycles. The van der Waals surface area contributed by atoms with Gasteiger partial charge >= 0.3 is 6.36 Å². The van der Waals surface area contributed by atoms with Gasteiger partial charge in [0.05, 0.1) is 10.5 Å². The number of benzene rings is 2. The van der Waals surface area contributed by atoms with E-state index in [2.05, 4.69) is 4.74 Å². The third-order valence-corrected chi connectivity index (χ3v) is 4.60. The van der Waals surface area contributed by atoms with Crippen molar-refractivity contribution in [3.8, 4) is 5.75 Å². The monoisotopic (exact) mass is 387 g/mol. The Hall–Kier alpha value is -2.55. The van der Waals surface area contributed by atoms with Crippen molar-refractivity contribution in [1.29, 1.82) is 0 Å². The fraction of sp³-hybridized carbons (Fsp3) is 0.235. The summed E-state index contributed by atoms with van der Waals surface area (Å²) in [5, 5.41) is 0. The first kappa shape index (κ1) is 19.8. The highest BCUT2D eigenvalue weighted by Gasteiger charge is 2.31. The molecule has 0 N–H and O–H groups in total. The van der Waals surface area contributed by atoms with Crippen molar-refractivity contribution in [3.63, 3.8) is 0 Å². The fourth-order valence-electron chi connectivity index (χ4n) is 2.31. The fourth-order valence-corrected chi connectivity index (χ4v) is 3.20. The number of amides is 1. The van der Waals surface area contributed by atoms with Gasteiger partial charge in [-0.05, 0) is 29.8 Å². The molecule has 0 bridgehead atoms. The van der Waals surface area contributed by atoms with E-state index in [1.54, 1.807) is 6.07 Å². The summed E-state index contributed by atoms with van der Waals surface area (Å²) >= 11 is 0. The third kappa shape index (κ3) is 5.22. The van der Waals surface area contributed by atoms with Crippen molar-refractivity contribution < 1.29 is 31.1 Å². The van der Waals surface area contributed by atoms with E-state index < -0.39 is 22.1 Å². The molecular weight excluding hydrogens is 371 g/mol. The maximum atomic E-state index is 12.6. The van der Waals surface area contributed by atoms with Crippen LogP contribution in [0.4, 0.5) is 13.2 Å². The smallest absolute Gasteiger partial charge is 0.406 e. The van der Waals surface area contributed by atoms with Crippen LogP contribution in [0.3, 0.4) is 0 Å². The van der Waals surface area contributed by atoms with Gasteiger partial charge in [0.15, 0.2) is 9.84 Å². The number of ether oxygens (including phenoxy) is 1. The summed E-state index contributed by atoms with van der Waals surface area (Å²) in [6, 6.07) is 10.9. The molecule has 0 unspecified atom stereocenters. The highest BCUT2D eigenvalue weighted by molar-refractivity contribution is 7.90. The highest BCUT2D eigenvalue weighted by atomic mass is 32.2. The molecule has 26 heavy (non-hydrogen) atoms. The number of carbonyl (C=O) groups excluding carboxylic acids is 1. The summed E-state index contributed by atoms with van der Waals surface area (Å²) in [7, 11) is -2.10. The molecular formula is C17H16F3NO4S. The Morgan fingerprint density at radius 1 is 1.08 bits per heavy atom. The Labute approximate surface area is 148 Å². The van der Waals surface area contributed by atoms with Gasteiger partial charge in [-0.15, -0.1) is 13.2 Å². The Morgan fingerprint density at radius 3 is 2.19 bits per heavy atom. The Kier molecular flexibility index (Phi) is 5.60. The van der Waals surface area contributed by atoms with E-state index in [1.165, 1.54) is 42.3 Å². The van der Waals surface area contributed by atoms with Crippen LogP contribution in [0, 0.1) is 0 Å². The van der Waals surface area contributed by atoms with E-state index in [1.807, 2.05) is 0 Å². The first-order chi connectivity index (χ1) is 12.0.